The van der Waals surface area contributed by atoms with Gasteiger partial charge >= 0.3 is 5.63 Å². The summed E-state index contributed by atoms with van der Waals surface area (Å²) in [6.45, 7) is 2.03. The van der Waals surface area contributed by atoms with Crippen molar-refractivity contribution >= 4 is 38.3 Å². The standard InChI is InChI=1S/C24H15N3O2/c1-14-11-12-19-18(13-14)21-20(16-9-5-6-10-17(16)24(28)29-21)23-26-25-22(27(19)23)15-7-3-2-4-8-15/h2-13H,1H3. The topological polar surface area (TPSA) is 60.4 Å². The molecule has 3 aromatic heterocycles. The minimum Gasteiger partial charge on any atom is -0.421 e. The van der Waals surface area contributed by atoms with E-state index >= 15 is 0 Å². The molecule has 0 unspecified atom stereocenters. The van der Waals surface area contributed by atoms with Gasteiger partial charge in [-0.2, -0.15) is 0 Å². The Morgan fingerprint density at radius 2 is 1.59 bits per heavy atom. The highest BCUT2D eigenvalue weighted by molar-refractivity contribution is 6.19. The van der Waals surface area contributed by atoms with Gasteiger partial charge in [0.25, 0.3) is 0 Å². The maximum Gasteiger partial charge on any atom is 0.344 e. The normalized spacial score (nSPS) is 11.8. The van der Waals surface area contributed by atoms with E-state index in [2.05, 4.69) is 14.6 Å². The Bertz CT molecular complexity index is 1630. The minimum absolute atomic E-state index is 0.344. The fraction of sp³-hybridized carbons (Fsp3) is 0.0417. The van der Waals surface area contributed by atoms with Crippen LogP contribution in [0.3, 0.4) is 0 Å². The van der Waals surface area contributed by atoms with Gasteiger partial charge in [0.05, 0.1) is 16.3 Å². The van der Waals surface area contributed by atoms with Crippen LogP contribution in [0.15, 0.2) is 82.0 Å². The third-order valence-electron chi connectivity index (χ3n) is 5.39. The maximum absolute atomic E-state index is 12.7. The number of aromatic nitrogens is 3. The summed E-state index contributed by atoms with van der Waals surface area (Å²) in [6, 6.07) is 23.6. The lowest BCUT2D eigenvalue weighted by atomic mass is 10.0. The van der Waals surface area contributed by atoms with Crippen LogP contribution in [-0.4, -0.2) is 14.6 Å². The zero-order valence-electron chi connectivity index (χ0n) is 15.6. The van der Waals surface area contributed by atoms with Gasteiger partial charge in [0, 0.05) is 16.3 Å². The Kier molecular flexibility index (Phi) is 3.18. The molecule has 5 heteroatoms. The number of hydrogen-bond acceptors (Lipinski definition) is 4. The first kappa shape index (κ1) is 16.0. The van der Waals surface area contributed by atoms with Crippen molar-refractivity contribution in [3.8, 4) is 11.4 Å². The molecular formula is C24H15N3O2. The molecule has 0 aliphatic rings. The van der Waals surface area contributed by atoms with E-state index in [9.17, 15) is 4.79 Å². The monoisotopic (exact) mass is 377 g/mol. The van der Waals surface area contributed by atoms with Gasteiger partial charge in [-0.05, 0) is 25.1 Å². The third kappa shape index (κ3) is 2.18. The second-order valence-electron chi connectivity index (χ2n) is 7.21. The minimum atomic E-state index is -0.344. The van der Waals surface area contributed by atoms with E-state index in [1.54, 1.807) is 6.07 Å². The van der Waals surface area contributed by atoms with Crippen LogP contribution in [0.1, 0.15) is 5.56 Å². The highest BCUT2D eigenvalue weighted by atomic mass is 16.4. The molecule has 0 aliphatic heterocycles. The second-order valence-corrected chi connectivity index (χ2v) is 7.21. The Hall–Kier alpha value is -3.99. The van der Waals surface area contributed by atoms with E-state index in [1.807, 2.05) is 73.7 Å². The smallest absolute Gasteiger partial charge is 0.344 e. The van der Waals surface area contributed by atoms with E-state index in [-0.39, 0.29) is 5.63 Å². The van der Waals surface area contributed by atoms with Gasteiger partial charge in [0.2, 0.25) is 0 Å². The van der Waals surface area contributed by atoms with Crippen molar-refractivity contribution in [1.29, 1.82) is 0 Å². The summed E-state index contributed by atoms with van der Waals surface area (Å²) >= 11 is 0. The van der Waals surface area contributed by atoms with Crippen LogP contribution in [0.25, 0.3) is 49.7 Å². The molecule has 0 spiro atoms. The number of benzene rings is 3. The number of aryl methyl sites for hydroxylation is 1. The van der Waals surface area contributed by atoms with E-state index in [0.717, 1.165) is 38.6 Å². The molecule has 0 aliphatic carbocycles. The maximum atomic E-state index is 12.7. The molecule has 0 bridgehead atoms. The molecule has 0 radical (unpaired) electrons. The molecule has 0 saturated heterocycles. The van der Waals surface area contributed by atoms with E-state index < -0.39 is 0 Å². The SMILES string of the molecule is Cc1ccc2c(c1)c1oc(=O)c3ccccc3c1c1nnc(-c3ccccc3)n21. The summed E-state index contributed by atoms with van der Waals surface area (Å²) in [5.41, 5.74) is 3.84. The lowest BCUT2D eigenvalue weighted by molar-refractivity contribution is 0.573. The third-order valence-corrected chi connectivity index (χ3v) is 5.39. The van der Waals surface area contributed by atoms with Gasteiger partial charge in [0.1, 0.15) is 0 Å². The van der Waals surface area contributed by atoms with Gasteiger partial charge in [0.15, 0.2) is 17.1 Å². The number of pyridine rings is 1. The van der Waals surface area contributed by atoms with Crippen molar-refractivity contribution in [3.05, 3.63) is 88.8 Å². The van der Waals surface area contributed by atoms with Crippen LogP contribution in [0, 0.1) is 6.92 Å². The molecule has 29 heavy (non-hydrogen) atoms. The fourth-order valence-electron chi connectivity index (χ4n) is 4.09. The zero-order valence-corrected chi connectivity index (χ0v) is 15.6. The Labute approximate surface area is 164 Å². The summed E-state index contributed by atoms with van der Waals surface area (Å²) in [7, 11) is 0. The largest absolute Gasteiger partial charge is 0.421 e. The average Bonchev–Trinajstić information content (AvgIpc) is 3.19. The van der Waals surface area contributed by atoms with Crippen LogP contribution in [-0.2, 0) is 0 Å². The zero-order chi connectivity index (χ0) is 19.5. The van der Waals surface area contributed by atoms with Gasteiger partial charge < -0.3 is 4.42 Å². The molecule has 0 atom stereocenters. The van der Waals surface area contributed by atoms with Crippen molar-refractivity contribution in [2.45, 2.75) is 6.92 Å². The molecule has 5 nitrogen and oxygen atoms in total. The van der Waals surface area contributed by atoms with Gasteiger partial charge in [-0.25, -0.2) is 4.79 Å². The Morgan fingerprint density at radius 1 is 0.828 bits per heavy atom. The summed E-state index contributed by atoms with van der Waals surface area (Å²) in [4.78, 5) is 12.7. The van der Waals surface area contributed by atoms with Gasteiger partial charge in [-0.15, -0.1) is 10.2 Å². The summed E-state index contributed by atoms with van der Waals surface area (Å²) < 4.78 is 7.88. The Morgan fingerprint density at radius 3 is 2.41 bits per heavy atom. The molecule has 3 aromatic carbocycles. The van der Waals surface area contributed by atoms with Crippen LogP contribution >= 0.6 is 0 Å². The number of hydrogen-bond donors (Lipinski definition) is 0. The van der Waals surface area contributed by atoms with Crippen molar-refractivity contribution < 1.29 is 4.42 Å². The van der Waals surface area contributed by atoms with E-state index in [0.29, 0.717) is 16.6 Å². The molecule has 138 valence electrons. The van der Waals surface area contributed by atoms with Gasteiger partial charge in [-0.1, -0.05) is 60.2 Å². The molecule has 3 heterocycles. The van der Waals surface area contributed by atoms with Crippen LogP contribution in [0.5, 0.6) is 0 Å². The number of fused-ring (bicyclic) bond motifs is 8. The molecule has 6 rings (SSSR count). The number of rotatable bonds is 1. The molecule has 0 amide bonds. The Balaban J connectivity index is 1.95. The molecule has 0 fully saturated rings. The van der Waals surface area contributed by atoms with Crippen LogP contribution < -0.4 is 5.63 Å². The highest BCUT2D eigenvalue weighted by Crippen LogP contribution is 2.35. The van der Waals surface area contributed by atoms with Crippen molar-refractivity contribution in [2.24, 2.45) is 0 Å². The summed E-state index contributed by atoms with van der Waals surface area (Å²) in [5.74, 6) is 0.756. The van der Waals surface area contributed by atoms with E-state index in [4.69, 9.17) is 4.42 Å². The molecule has 0 N–H and O–H groups in total. The fourth-order valence-corrected chi connectivity index (χ4v) is 4.09. The van der Waals surface area contributed by atoms with Crippen molar-refractivity contribution in [3.63, 3.8) is 0 Å². The molecular weight excluding hydrogens is 362 g/mol. The van der Waals surface area contributed by atoms with E-state index in [1.165, 1.54) is 0 Å². The lowest BCUT2D eigenvalue weighted by Crippen LogP contribution is -2.02. The van der Waals surface area contributed by atoms with Gasteiger partial charge in [-0.3, -0.25) is 4.40 Å². The van der Waals surface area contributed by atoms with Crippen molar-refractivity contribution in [1.82, 2.24) is 14.6 Å². The second kappa shape index (κ2) is 5.75. The first-order chi connectivity index (χ1) is 14.2. The number of nitrogens with zero attached hydrogens (tertiary/aromatic N) is 3. The quantitative estimate of drug-likeness (QED) is 0.373. The first-order valence-electron chi connectivity index (χ1n) is 9.41. The lowest BCUT2D eigenvalue weighted by Gasteiger charge is -2.11. The summed E-state index contributed by atoms with van der Waals surface area (Å²) in [6.07, 6.45) is 0. The van der Waals surface area contributed by atoms with Crippen LogP contribution in [0.2, 0.25) is 0 Å². The first-order valence-corrected chi connectivity index (χ1v) is 9.41. The van der Waals surface area contributed by atoms with Crippen LogP contribution in [0.4, 0.5) is 0 Å². The average molecular weight is 377 g/mol. The van der Waals surface area contributed by atoms with Crippen molar-refractivity contribution in [2.75, 3.05) is 0 Å². The predicted octanol–water partition coefficient (Wildman–Crippen LogP) is 5.12. The summed E-state index contributed by atoms with van der Waals surface area (Å²) in [5, 5.41) is 12.1. The molecule has 6 aromatic rings. The highest BCUT2D eigenvalue weighted by Gasteiger charge is 2.20. The predicted molar refractivity (Wildman–Crippen MR) is 114 cm³/mol. The molecule has 0 saturated carbocycles.